The van der Waals surface area contributed by atoms with E-state index in [4.69, 9.17) is 28.4 Å². The van der Waals surface area contributed by atoms with Gasteiger partial charge in [0.15, 0.2) is 23.0 Å². The van der Waals surface area contributed by atoms with Crippen LogP contribution in [0.15, 0.2) is 54.6 Å². The monoisotopic (exact) mass is 507 g/mol. The Morgan fingerprint density at radius 3 is 1.89 bits per heavy atom. The summed E-state index contributed by atoms with van der Waals surface area (Å²) in [7, 11) is 6.13. The Bertz CT molecular complexity index is 1240. The highest BCUT2D eigenvalue weighted by molar-refractivity contribution is 5.88. The average molecular weight is 508 g/mol. The number of hydrogen-bond donors (Lipinski definition) is 1. The van der Waals surface area contributed by atoms with Gasteiger partial charge in [-0.2, -0.15) is 0 Å². The normalized spacial score (nSPS) is 10.5. The number of ether oxygens (including phenoxy) is 6. The Hall–Kier alpha value is -4.66. The van der Waals surface area contributed by atoms with Crippen LogP contribution in [-0.2, 0) is 16.1 Å². The van der Waals surface area contributed by atoms with Gasteiger partial charge in [0.2, 0.25) is 11.7 Å². The first-order valence-corrected chi connectivity index (χ1v) is 11.2. The maximum Gasteiger partial charge on any atom is 0.514 e. The Morgan fingerprint density at radius 1 is 0.730 bits per heavy atom. The van der Waals surface area contributed by atoms with E-state index in [2.05, 4.69) is 5.32 Å². The summed E-state index contributed by atoms with van der Waals surface area (Å²) in [5, 5.41) is 2.68. The van der Waals surface area contributed by atoms with Gasteiger partial charge in [0, 0.05) is 12.6 Å². The Balaban J connectivity index is 1.70. The molecule has 0 aliphatic heterocycles. The number of rotatable bonds is 10. The number of methoxy groups -OCH3 is 4. The molecule has 9 nitrogen and oxygen atoms in total. The van der Waals surface area contributed by atoms with Crippen molar-refractivity contribution in [2.45, 2.75) is 13.5 Å². The van der Waals surface area contributed by atoms with Gasteiger partial charge in [-0.15, -0.1) is 0 Å². The van der Waals surface area contributed by atoms with Gasteiger partial charge in [-0.25, -0.2) is 4.79 Å². The Labute approximate surface area is 215 Å². The highest BCUT2D eigenvalue weighted by Crippen LogP contribution is 2.38. The zero-order chi connectivity index (χ0) is 26.8. The van der Waals surface area contributed by atoms with Crippen LogP contribution < -0.4 is 29.0 Å². The van der Waals surface area contributed by atoms with Crippen molar-refractivity contribution >= 4 is 29.9 Å². The van der Waals surface area contributed by atoms with E-state index >= 15 is 0 Å². The van der Waals surface area contributed by atoms with E-state index in [9.17, 15) is 9.59 Å². The average Bonchev–Trinajstić information content (AvgIpc) is 2.90. The van der Waals surface area contributed by atoms with Crippen LogP contribution in [-0.4, -0.2) is 40.5 Å². The summed E-state index contributed by atoms with van der Waals surface area (Å²) in [6.45, 7) is 1.43. The molecule has 37 heavy (non-hydrogen) atoms. The van der Waals surface area contributed by atoms with E-state index in [0.717, 1.165) is 16.7 Å². The van der Waals surface area contributed by atoms with E-state index in [1.807, 2.05) is 30.4 Å². The van der Waals surface area contributed by atoms with Crippen molar-refractivity contribution in [1.82, 2.24) is 0 Å². The lowest BCUT2D eigenvalue weighted by Crippen LogP contribution is -2.11. The third kappa shape index (κ3) is 7.41. The number of benzene rings is 3. The third-order valence-corrected chi connectivity index (χ3v) is 5.17. The number of amides is 1. The summed E-state index contributed by atoms with van der Waals surface area (Å²) in [5.41, 5.74) is 2.96. The zero-order valence-corrected chi connectivity index (χ0v) is 21.3. The van der Waals surface area contributed by atoms with Crippen LogP contribution in [0.25, 0.3) is 12.2 Å². The second-order valence-electron chi connectivity index (χ2n) is 7.72. The van der Waals surface area contributed by atoms with E-state index in [1.54, 1.807) is 57.7 Å². The fourth-order valence-electron chi connectivity index (χ4n) is 3.42. The van der Waals surface area contributed by atoms with Crippen LogP contribution in [0, 0.1) is 0 Å². The first-order chi connectivity index (χ1) is 17.9. The second-order valence-corrected chi connectivity index (χ2v) is 7.72. The summed E-state index contributed by atoms with van der Waals surface area (Å²) in [6.07, 6.45) is 2.82. The van der Waals surface area contributed by atoms with E-state index in [-0.39, 0.29) is 18.3 Å². The Morgan fingerprint density at radius 2 is 1.32 bits per heavy atom. The molecular weight excluding hydrogens is 478 g/mol. The smallest absolute Gasteiger partial charge is 0.493 e. The largest absolute Gasteiger partial charge is 0.514 e. The lowest BCUT2D eigenvalue weighted by Gasteiger charge is -2.13. The zero-order valence-electron chi connectivity index (χ0n) is 21.3. The number of carbonyl (C=O) groups is 2. The molecular formula is C28H29NO8. The molecule has 9 heteroatoms. The van der Waals surface area contributed by atoms with E-state index < -0.39 is 6.16 Å². The molecule has 0 radical (unpaired) electrons. The van der Waals surface area contributed by atoms with Gasteiger partial charge in [-0.3, -0.25) is 4.79 Å². The fraction of sp³-hybridized carbons (Fsp3) is 0.214. The van der Waals surface area contributed by atoms with Crippen LogP contribution in [0.3, 0.4) is 0 Å². The molecule has 1 N–H and O–H groups in total. The molecule has 194 valence electrons. The van der Waals surface area contributed by atoms with Gasteiger partial charge in [0.25, 0.3) is 0 Å². The van der Waals surface area contributed by atoms with Gasteiger partial charge >= 0.3 is 6.16 Å². The minimum Gasteiger partial charge on any atom is -0.493 e. The molecule has 0 aromatic heterocycles. The van der Waals surface area contributed by atoms with E-state index in [1.165, 1.54) is 14.0 Å². The topological polar surface area (TPSA) is 102 Å². The van der Waals surface area contributed by atoms with Crippen molar-refractivity contribution < 1.29 is 38.0 Å². The van der Waals surface area contributed by atoms with Crippen LogP contribution in [0.1, 0.15) is 23.6 Å². The molecule has 0 aliphatic rings. The summed E-state index contributed by atoms with van der Waals surface area (Å²) >= 11 is 0. The molecule has 0 heterocycles. The molecule has 0 bridgehead atoms. The van der Waals surface area contributed by atoms with Crippen molar-refractivity contribution in [2.24, 2.45) is 0 Å². The predicted molar refractivity (Wildman–Crippen MR) is 140 cm³/mol. The van der Waals surface area contributed by atoms with Crippen molar-refractivity contribution in [2.75, 3.05) is 33.8 Å². The minimum absolute atomic E-state index is 0.00221. The van der Waals surface area contributed by atoms with Gasteiger partial charge < -0.3 is 33.7 Å². The minimum atomic E-state index is -0.880. The summed E-state index contributed by atoms with van der Waals surface area (Å²) in [6, 6.07) is 15.7. The van der Waals surface area contributed by atoms with Crippen LogP contribution >= 0.6 is 0 Å². The SMILES string of the molecule is COc1ccc(/C=C/c2cc(OC)c(OC)c(OC)c2)cc1OC(=O)OCc1ccc(NC(C)=O)cc1. The maximum absolute atomic E-state index is 12.3. The van der Waals surface area contributed by atoms with Crippen LogP contribution in [0.4, 0.5) is 10.5 Å². The Kier molecular flexibility index (Phi) is 9.37. The van der Waals surface area contributed by atoms with Crippen molar-refractivity contribution in [3.05, 3.63) is 71.3 Å². The molecule has 0 saturated carbocycles. The molecule has 3 aromatic carbocycles. The van der Waals surface area contributed by atoms with E-state index in [0.29, 0.717) is 28.7 Å². The molecule has 0 fully saturated rings. The molecule has 3 aromatic rings. The first kappa shape index (κ1) is 26.9. The van der Waals surface area contributed by atoms with Gasteiger partial charge in [0.05, 0.1) is 28.4 Å². The van der Waals surface area contributed by atoms with Crippen LogP contribution in [0.5, 0.6) is 28.7 Å². The second kappa shape index (κ2) is 12.9. The van der Waals surface area contributed by atoms with Crippen molar-refractivity contribution in [3.63, 3.8) is 0 Å². The summed E-state index contributed by atoms with van der Waals surface area (Å²) in [4.78, 5) is 23.5. The number of nitrogens with one attached hydrogen (secondary N) is 1. The molecule has 0 spiro atoms. The predicted octanol–water partition coefficient (Wildman–Crippen LogP) is 5.57. The summed E-state index contributed by atoms with van der Waals surface area (Å²) in [5.74, 6) is 1.99. The maximum atomic E-state index is 12.3. The molecule has 0 atom stereocenters. The first-order valence-electron chi connectivity index (χ1n) is 11.2. The van der Waals surface area contributed by atoms with Gasteiger partial charge in [0.1, 0.15) is 6.61 Å². The lowest BCUT2D eigenvalue weighted by molar-refractivity contribution is -0.114. The fourth-order valence-corrected chi connectivity index (χ4v) is 3.42. The van der Waals surface area contributed by atoms with Crippen molar-refractivity contribution in [1.29, 1.82) is 0 Å². The van der Waals surface area contributed by atoms with Crippen molar-refractivity contribution in [3.8, 4) is 28.7 Å². The highest BCUT2D eigenvalue weighted by Gasteiger charge is 2.14. The van der Waals surface area contributed by atoms with Gasteiger partial charge in [-0.05, 0) is 53.1 Å². The lowest BCUT2D eigenvalue weighted by atomic mass is 10.1. The highest BCUT2D eigenvalue weighted by atomic mass is 16.7. The van der Waals surface area contributed by atoms with Crippen LogP contribution in [0.2, 0.25) is 0 Å². The third-order valence-electron chi connectivity index (χ3n) is 5.17. The molecule has 0 saturated heterocycles. The molecule has 3 rings (SSSR count). The standard InChI is InChI=1S/C28H29NO8/c1-18(30)29-22-11-8-20(9-12-22)17-36-28(31)37-24-14-19(10-13-23(24)32-2)6-7-21-15-25(33-3)27(35-5)26(16-21)34-4/h6-16H,17H2,1-5H3,(H,29,30)/b7-6+. The number of carbonyl (C=O) groups excluding carboxylic acids is 2. The van der Waals surface area contributed by atoms with Gasteiger partial charge in [-0.1, -0.05) is 30.4 Å². The number of hydrogen-bond acceptors (Lipinski definition) is 8. The molecule has 0 aliphatic carbocycles. The summed E-state index contributed by atoms with van der Waals surface area (Å²) < 4.78 is 32.1. The quantitative estimate of drug-likeness (QED) is 0.216. The number of anilines is 1. The molecule has 1 amide bonds. The molecule has 0 unspecified atom stereocenters.